The molecule has 1 unspecified atom stereocenters. The van der Waals surface area contributed by atoms with Crippen molar-refractivity contribution in [1.29, 1.82) is 0 Å². The second kappa shape index (κ2) is 5.50. The minimum Gasteiger partial charge on any atom is -0.275 e. The maximum Gasteiger partial charge on any atom is 0.391 e. The highest BCUT2D eigenvalue weighted by atomic mass is 19.4. The van der Waals surface area contributed by atoms with Gasteiger partial charge in [-0.2, -0.15) is 18.3 Å². The lowest BCUT2D eigenvalue weighted by molar-refractivity contribution is -0.184. The number of aryl methyl sites for hydroxylation is 1. The van der Waals surface area contributed by atoms with Crippen molar-refractivity contribution in [3.8, 4) is 0 Å². The number of hydrogen-bond acceptors (Lipinski definition) is 3. The Morgan fingerprint density at radius 1 is 1.37 bits per heavy atom. The molecule has 19 heavy (non-hydrogen) atoms. The van der Waals surface area contributed by atoms with Crippen molar-refractivity contribution in [3.63, 3.8) is 0 Å². The van der Waals surface area contributed by atoms with Gasteiger partial charge in [0.05, 0.1) is 18.2 Å². The van der Waals surface area contributed by atoms with Crippen molar-refractivity contribution in [2.24, 2.45) is 24.7 Å². The van der Waals surface area contributed by atoms with E-state index in [1.807, 2.05) is 6.20 Å². The van der Waals surface area contributed by atoms with Gasteiger partial charge in [0.1, 0.15) is 0 Å². The van der Waals surface area contributed by atoms with Gasteiger partial charge in [-0.1, -0.05) is 0 Å². The topological polar surface area (TPSA) is 55.9 Å². The highest BCUT2D eigenvalue weighted by molar-refractivity contribution is 5.11. The van der Waals surface area contributed by atoms with Gasteiger partial charge in [-0.25, -0.2) is 0 Å². The summed E-state index contributed by atoms with van der Waals surface area (Å²) in [6, 6.07) is -0.122. The first-order valence-electron chi connectivity index (χ1n) is 6.43. The van der Waals surface area contributed by atoms with E-state index in [2.05, 4.69) is 10.5 Å². The summed E-state index contributed by atoms with van der Waals surface area (Å²) in [6.07, 6.45) is 0.937. The van der Waals surface area contributed by atoms with Crippen LogP contribution in [0.1, 0.15) is 37.3 Å². The number of hydrazine groups is 1. The third-order valence-electron chi connectivity index (χ3n) is 3.97. The zero-order valence-electron chi connectivity index (χ0n) is 10.8. The zero-order valence-corrected chi connectivity index (χ0v) is 10.8. The van der Waals surface area contributed by atoms with Crippen molar-refractivity contribution in [2.45, 2.75) is 37.9 Å². The van der Waals surface area contributed by atoms with Crippen LogP contribution in [0.5, 0.6) is 0 Å². The Morgan fingerprint density at radius 2 is 2.00 bits per heavy atom. The smallest absolute Gasteiger partial charge is 0.275 e. The molecule has 1 aromatic rings. The lowest BCUT2D eigenvalue weighted by Gasteiger charge is -2.33. The van der Waals surface area contributed by atoms with E-state index in [0.29, 0.717) is 12.8 Å². The number of hydrogen-bond donors (Lipinski definition) is 2. The molecule has 0 aliphatic heterocycles. The lowest BCUT2D eigenvalue weighted by Crippen LogP contribution is -2.37. The molecule has 0 amide bonds. The SMILES string of the molecule is Cn1cc(C(NN)C2CCC(C(F)(F)F)CC2)cn1. The first kappa shape index (κ1) is 14.3. The van der Waals surface area contributed by atoms with Crippen LogP contribution >= 0.6 is 0 Å². The van der Waals surface area contributed by atoms with E-state index in [4.69, 9.17) is 5.84 Å². The quantitative estimate of drug-likeness (QED) is 0.658. The number of nitrogens with two attached hydrogens (primary N) is 1. The standard InChI is InChI=1S/C12H19F3N4/c1-19-7-9(6-17-19)11(18-16)8-2-4-10(5-3-8)12(13,14)15/h6-8,10-11,18H,2-5,16H2,1H3. The third kappa shape index (κ3) is 3.27. The van der Waals surface area contributed by atoms with E-state index < -0.39 is 12.1 Å². The van der Waals surface area contributed by atoms with Crippen molar-refractivity contribution in [3.05, 3.63) is 18.0 Å². The molecule has 0 radical (unpaired) electrons. The van der Waals surface area contributed by atoms with Gasteiger partial charge in [0.25, 0.3) is 0 Å². The number of nitrogens with zero attached hydrogens (tertiary/aromatic N) is 2. The Balaban J connectivity index is 1.99. The van der Waals surface area contributed by atoms with Crippen molar-refractivity contribution < 1.29 is 13.2 Å². The first-order chi connectivity index (χ1) is 8.91. The summed E-state index contributed by atoms with van der Waals surface area (Å²) in [5, 5.41) is 4.08. The molecule has 108 valence electrons. The molecule has 1 aromatic heterocycles. The average molecular weight is 276 g/mol. The molecule has 1 atom stereocenters. The molecule has 4 nitrogen and oxygen atoms in total. The molecule has 7 heteroatoms. The molecule has 2 rings (SSSR count). The summed E-state index contributed by atoms with van der Waals surface area (Å²) in [6.45, 7) is 0. The highest BCUT2D eigenvalue weighted by Crippen LogP contribution is 2.42. The van der Waals surface area contributed by atoms with Crippen LogP contribution in [0.3, 0.4) is 0 Å². The Morgan fingerprint density at radius 3 is 2.42 bits per heavy atom. The summed E-state index contributed by atoms with van der Waals surface area (Å²) in [5.74, 6) is 4.53. The van der Waals surface area contributed by atoms with Gasteiger partial charge in [-0.3, -0.25) is 16.0 Å². The van der Waals surface area contributed by atoms with Gasteiger partial charge in [0.15, 0.2) is 0 Å². The van der Waals surface area contributed by atoms with Crippen LogP contribution in [-0.2, 0) is 7.05 Å². The van der Waals surface area contributed by atoms with Crippen LogP contribution in [0.25, 0.3) is 0 Å². The fraction of sp³-hybridized carbons (Fsp3) is 0.750. The van der Waals surface area contributed by atoms with Crippen LogP contribution in [0.2, 0.25) is 0 Å². The Hall–Kier alpha value is -1.08. The highest BCUT2D eigenvalue weighted by Gasteiger charge is 2.42. The summed E-state index contributed by atoms with van der Waals surface area (Å²) < 4.78 is 39.5. The lowest BCUT2D eigenvalue weighted by atomic mass is 9.77. The van der Waals surface area contributed by atoms with Gasteiger partial charge in [0, 0.05) is 18.8 Å². The molecule has 0 saturated heterocycles. The molecular weight excluding hydrogens is 257 g/mol. The number of nitrogens with one attached hydrogen (secondary N) is 1. The second-order valence-corrected chi connectivity index (χ2v) is 5.24. The van der Waals surface area contributed by atoms with E-state index in [-0.39, 0.29) is 24.8 Å². The predicted molar refractivity (Wildman–Crippen MR) is 64.8 cm³/mol. The van der Waals surface area contributed by atoms with E-state index in [1.165, 1.54) is 0 Å². The number of alkyl halides is 3. The fourth-order valence-electron chi connectivity index (χ4n) is 2.89. The summed E-state index contributed by atoms with van der Waals surface area (Å²) >= 11 is 0. The van der Waals surface area contributed by atoms with Crippen LogP contribution in [-0.4, -0.2) is 16.0 Å². The van der Waals surface area contributed by atoms with Gasteiger partial charge < -0.3 is 0 Å². The van der Waals surface area contributed by atoms with E-state index in [0.717, 1.165) is 5.56 Å². The minimum absolute atomic E-state index is 0.122. The van der Waals surface area contributed by atoms with Crippen LogP contribution in [0.15, 0.2) is 12.4 Å². The monoisotopic (exact) mass is 276 g/mol. The van der Waals surface area contributed by atoms with Crippen LogP contribution in [0, 0.1) is 11.8 Å². The van der Waals surface area contributed by atoms with Crippen molar-refractivity contribution >= 4 is 0 Å². The fourth-order valence-corrected chi connectivity index (χ4v) is 2.89. The van der Waals surface area contributed by atoms with Crippen molar-refractivity contribution in [1.82, 2.24) is 15.2 Å². The second-order valence-electron chi connectivity index (χ2n) is 5.24. The molecule has 1 heterocycles. The summed E-state index contributed by atoms with van der Waals surface area (Å²) in [7, 11) is 1.80. The maximum atomic E-state index is 12.6. The Bertz CT molecular complexity index is 407. The number of rotatable bonds is 3. The third-order valence-corrected chi connectivity index (χ3v) is 3.97. The number of halogens is 3. The van der Waals surface area contributed by atoms with Crippen LogP contribution in [0.4, 0.5) is 13.2 Å². The van der Waals surface area contributed by atoms with Gasteiger partial charge in [-0.05, 0) is 31.6 Å². The zero-order chi connectivity index (χ0) is 14.0. The molecule has 1 aliphatic carbocycles. The Kier molecular flexibility index (Phi) is 4.15. The molecule has 0 bridgehead atoms. The molecule has 1 saturated carbocycles. The van der Waals surface area contributed by atoms with E-state index in [9.17, 15) is 13.2 Å². The van der Waals surface area contributed by atoms with Gasteiger partial charge in [-0.15, -0.1) is 0 Å². The normalized spacial score (nSPS) is 26.4. The predicted octanol–water partition coefficient (Wildman–Crippen LogP) is 2.29. The molecule has 0 spiro atoms. The molecule has 0 aromatic carbocycles. The van der Waals surface area contributed by atoms with Crippen molar-refractivity contribution in [2.75, 3.05) is 0 Å². The number of aromatic nitrogens is 2. The summed E-state index contributed by atoms with van der Waals surface area (Å²) in [4.78, 5) is 0. The molecule has 1 aliphatic rings. The maximum absolute atomic E-state index is 12.6. The van der Waals surface area contributed by atoms with Gasteiger partial charge >= 0.3 is 6.18 Å². The summed E-state index contributed by atoms with van der Waals surface area (Å²) in [5.41, 5.74) is 3.65. The molecule has 1 fully saturated rings. The van der Waals surface area contributed by atoms with E-state index >= 15 is 0 Å². The first-order valence-corrected chi connectivity index (χ1v) is 6.43. The van der Waals surface area contributed by atoms with Crippen LogP contribution < -0.4 is 11.3 Å². The largest absolute Gasteiger partial charge is 0.391 e. The molecular formula is C12H19F3N4. The van der Waals surface area contributed by atoms with Gasteiger partial charge in [0.2, 0.25) is 0 Å². The molecule has 3 N–H and O–H groups in total. The average Bonchev–Trinajstić information content (AvgIpc) is 2.76. The Labute approximate surface area is 110 Å². The van der Waals surface area contributed by atoms with E-state index in [1.54, 1.807) is 17.9 Å². The minimum atomic E-state index is -4.06.